The number of likely N-dealkylation sites (tertiary alicyclic amines) is 1. The third kappa shape index (κ3) is 4.18. The van der Waals surface area contributed by atoms with Gasteiger partial charge in [0.05, 0.1) is 12.6 Å². The molecule has 5 nitrogen and oxygen atoms in total. The smallest absolute Gasteiger partial charge is 0.321 e. The van der Waals surface area contributed by atoms with Crippen LogP contribution in [0.3, 0.4) is 0 Å². The molecule has 1 saturated heterocycles. The molecular weight excluding hydrogens is 206 g/mol. The number of quaternary nitrogens is 1. The maximum atomic E-state index is 11.5. The van der Waals surface area contributed by atoms with E-state index in [0.717, 1.165) is 6.54 Å². The molecule has 3 amide bonds. The lowest BCUT2D eigenvalue weighted by atomic mass is 10.0. The monoisotopic (exact) mass is 228 g/mol. The highest BCUT2D eigenvalue weighted by Crippen LogP contribution is 2.01. The fourth-order valence-electron chi connectivity index (χ4n) is 2.10. The normalized spacial score (nSPS) is 24.9. The van der Waals surface area contributed by atoms with E-state index in [1.54, 1.807) is 0 Å². The molecule has 0 aliphatic carbocycles. The molecule has 0 saturated carbocycles. The second-order valence-corrected chi connectivity index (χ2v) is 4.39. The van der Waals surface area contributed by atoms with Crippen molar-refractivity contribution >= 4 is 11.9 Å². The van der Waals surface area contributed by atoms with E-state index in [-0.39, 0.29) is 5.91 Å². The molecule has 1 heterocycles. The van der Waals surface area contributed by atoms with Crippen LogP contribution in [0.25, 0.3) is 0 Å². The van der Waals surface area contributed by atoms with Gasteiger partial charge in [-0.15, -0.1) is 0 Å². The number of carbonyl (C=O) groups excluding carboxylic acids is 2. The van der Waals surface area contributed by atoms with Gasteiger partial charge in [0.15, 0.2) is 6.54 Å². The third-order valence-electron chi connectivity index (χ3n) is 3.06. The summed E-state index contributed by atoms with van der Waals surface area (Å²) in [6.45, 7) is 5.95. The number of hydrogen-bond donors (Lipinski definition) is 3. The van der Waals surface area contributed by atoms with E-state index >= 15 is 0 Å². The number of carbonyl (C=O) groups is 2. The molecular formula is C11H22N3O2+. The molecule has 1 aliphatic rings. The summed E-state index contributed by atoms with van der Waals surface area (Å²) in [7, 11) is 0. The Balaban J connectivity index is 2.30. The number of urea groups is 1. The first-order valence-electron chi connectivity index (χ1n) is 6.05. The molecule has 3 N–H and O–H groups in total. The van der Waals surface area contributed by atoms with Gasteiger partial charge in [0.2, 0.25) is 0 Å². The molecule has 92 valence electrons. The first-order chi connectivity index (χ1) is 7.63. The van der Waals surface area contributed by atoms with Crippen molar-refractivity contribution in [3.05, 3.63) is 0 Å². The van der Waals surface area contributed by atoms with Gasteiger partial charge in [0.25, 0.3) is 5.91 Å². The van der Waals surface area contributed by atoms with Crippen LogP contribution in [0.1, 0.15) is 33.1 Å². The minimum Gasteiger partial charge on any atom is -0.338 e. The van der Waals surface area contributed by atoms with Crippen molar-refractivity contribution in [1.82, 2.24) is 10.6 Å². The number of piperidine rings is 1. The molecule has 0 radical (unpaired) electrons. The molecule has 16 heavy (non-hydrogen) atoms. The lowest BCUT2D eigenvalue weighted by Gasteiger charge is -2.29. The van der Waals surface area contributed by atoms with Crippen molar-refractivity contribution in [1.29, 1.82) is 0 Å². The maximum Gasteiger partial charge on any atom is 0.321 e. The zero-order valence-electron chi connectivity index (χ0n) is 10.1. The van der Waals surface area contributed by atoms with Crippen LogP contribution in [0.5, 0.6) is 0 Å². The van der Waals surface area contributed by atoms with E-state index in [2.05, 4.69) is 17.6 Å². The second-order valence-electron chi connectivity index (χ2n) is 4.39. The molecule has 0 aromatic rings. The van der Waals surface area contributed by atoms with E-state index < -0.39 is 6.03 Å². The van der Waals surface area contributed by atoms with Gasteiger partial charge < -0.3 is 10.2 Å². The minimum atomic E-state index is -0.392. The van der Waals surface area contributed by atoms with Gasteiger partial charge in [0.1, 0.15) is 0 Å². The summed E-state index contributed by atoms with van der Waals surface area (Å²) in [5.41, 5.74) is 0. The van der Waals surface area contributed by atoms with Gasteiger partial charge in [0, 0.05) is 6.54 Å². The van der Waals surface area contributed by atoms with E-state index in [1.165, 1.54) is 24.2 Å². The van der Waals surface area contributed by atoms with Crippen molar-refractivity contribution < 1.29 is 14.5 Å². The van der Waals surface area contributed by atoms with Crippen LogP contribution >= 0.6 is 0 Å². The van der Waals surface area contributed by atoms with Gasteiger partial charge in [-0.05, 0) is 33.1 Å². The van der Waals surface area contributed by atoms with Crippen molar-refractivity contribution in [2.24, 2.45) is 0 Å². The van der Waals surface area contributed by atoms with Crippen LogP contribution in [0.4, 0.5) is 4.79 Å². The quantitative estimate of drug-likeness (QED) is 0.597. The molecule has 0 aromatic carbocycles. The highest BCUT2D eigenvalue weighted by atomic mass is 16.2. The fourth-order valence-corrected chi connectivity index (χ4v) is 2.10. The first kappa shape index (κ1) is 13.0. The van der Waals surface area contributed by atoms with Gasteiger partial charge in [-0.1, -0.05) is 0 Å². The fraction of sp³-hybridized carbons (Fsp3) is 0.818. The summed E-state index contributed by atoms with van der Waals surface area (Å²) in [4.78, 5) is 24.0. The summed E-state index contributed by atoms with van der Waals surface area (Å²) < 4.78 is 0. The Labute approximate surface area is 96.6 Å². The zero-order valence-corrected chi connectivity index (χ0v) is 10.1. The first-order valence-corrected chi connectivity index (χ1v) is 6.05. The Morgan fingerprint density at radius 2 is 2.12 bits per heavy atom. The van der Waals surface area contributed by atoms with E-state index in [1.807, 2.05) is 6.92 Å². The van der Waals surface area contributed by atoms with E-state index in [0.29, 0.717) is 19.1 Å². The van der Waals surface area contributed by atoms with E-state index in [9.17, 15) is 9.59 Å². The Kier molecular flexibility index (Phi) is 5.25. The van der Waals surface area contributed by atoms with Crippen LogP contribution in [-0.2, 0) is 4.79 Å². The number of amides is 3. The van der Waals surface area contributed by atoms with Crippen LogP contribution in [0.2, 0.25) is 0 Å². The maximum absolute atomic E-state index is 11.5. The molecule has 1 rings (SSSR count). The predicted octanol–water partition coefficient (Wildman–Crippen LogP) is -0.711. The Morgan fingerprint density at radius 3 is 2.75 bits per heavy atom. The molecule has 5 heteroatoms. The van der Waals surface area contributed by atoms with Gasteiger partial charge in [-0.2, -0.15) is 0 Å². The average molecular weight is 228 g/mol. The van der Waals surface area contributed by atoms with Crippen LogP contribution < -0.4 is 15.5 Å². The van der Waals surface area contributed by atoms with Crippen LogP contribution in [-0.4, -0.2) is 37.6 Å². The summed E-state index contributed by atoms with van der Waals surface area (Å²) in [5, 5.41) is 4.88. The highest BCUT2D eigenvalue weighted by molar-refractivity contribution is 5.94. The summed E-state index contributed by atoms with van der Waals surface area (Å²) in [5.74, 6) is -0.185. The molecule has 0 spiro atoms. The predicted molar refractivity (Wildman–Crippen MR) is 61.2 cm³/mol. The number of hydrogen-bond acceptors (Lipinski definition) is 2. The average Bonchev–Trinajstić information content (AvgIpc) is 2.21. The van der Waals surface area contributed by atoms with Crippen molar-refractivity contribution in [2.75, 3.05) is 19.6 Å². The molecule has 0 bridgehead atoms. The summed E-state index contributed by atoms with van der Waals surface area (Å²) >= 11 is 0. The van der Waals surface area contributed by atoms with Gasteiger partial charge in [-0.3, -0.25) is 10.1 Å². The molecule has 2 atom stereocenters. The van der Waals surface area contributed by atoms with Gasteiger partial charge in [-0.25, -0.2) is 4.79 Å². The van der Waals surface area contributed by atoms with Crippen LogP contribution in [0.15, 0.2) is 0 Å². The summed E-state index contributed by atoms with van der Waals surface area (Å²) in [6, 6.07) is 0.130. The Bertz CT molecular complexity index is 256. The summed E-state index contributed by atoms with van der Waals surface area (Å²) in [6.07, 6.45) is 3.60. The van der Waals surface area contributed by atoms with Crippen molar-refractivity contribution in [3.63, 3.8) is 0 Å². The zero-order chi connectivity index (χ0) is 12.0. The topological polar surface area (TPSA) is 62.6 Å². The second kappa shape index (κ2) is 6.48. The molecule has 0 aromatic heterocycles. The largest absolute Gasteiger partial charge is 0.338 e. The minimum absolute atomic E-state index is 0.185. The number of imide groups is 1. The lowest BCUT2D eigenvalue weighted by molar-refractivity contribution is -0.920. The molecule has 1 aliphatic heterocycles. The number of rotatable bonds is 3. The van der Waals surface area contributed by atoms with E-state index in [4.69, 9.17) is 0 Å². The van der Waals surface area contributed by atoms with Crippen LogP contribution in [0, 0.1) is 0 Å². The standard InChI is InChI=1S/C11H21N3O2/c1-3-12-11(16)13-10(15)8-14-7-5-4-6-9(14)2/h9H,3-8H2,1-2H3,(H2,12,13,15,16)/p+1/t9-/m1/s1. The van der Waals surface area contributed by atoms with Crippen molar-refractivity contribution in [3.8, 4) is 0 Å². The molecule has 1 unspecified atom stereocenters. The number of nitrogens with one attached hydrogen (secondary N) is 3. The SMILES string of the molecule is CCNC(=O)NC(=O)C[NH+]1CCCC[C@H]1C. The lowest BCUT2D eigenvalue weighted by Crippen LogP contribution is -3.17. The van der Waals surface area contributed by atoms with Crippen molar-refractivity contribution in [2.45, 2.75) is 39.2 Å². The highest BCUT2D eigenvalue weighted by Gasteiger charge is 2.24. The Morgan fingerprint density at radius 1 is 1.38 bits per heavy atom. The third-order valence-corrected chi connectivity index (χ3v) is 3.06. The molecule has 1 fully saturated rings. The Hall–Kier alpha value is -1.10. The van der Waals surface area contributed by atoms with Gasteiger partial charge >= 0.3 is 6.03 Å².